The number of aliphatic carboxylic acids is 1. The molecular weight excluding hydrogens is 286 g/mol. The topological polar surface area (TPSA) is 49.3 Å². The number of hydrogen-bond acceptors (Lipinski definition) is 2. The fourth-order valence-electron chi connectivity index (χ4n) is 3.67. The standard InChI is InChI=1S/C20H21NO2/c22-18(23)19(11-4-12-19)15-7-9-17(10-8-15)21-20(13-14-20)16-5-2-1-3-6-16/h1-3,5-10,21H,4,11-14H2,(H,22,23). The molecule has 2 aromatic carbocycles. The number of rotatable bonds is 5. The molecule has 0 atom stereocenters. The molecule has 0 spiro atoms. The van der Waals surface area contributed by atoms with E-state index in [1.165, 1.54) is 5.56 Å². The van der Waals surface area contributed by atoms with Crippen LogP contribution in [0.5, 0.6) is 0 Å². The summed E-state index contributed by atoms with van der Waals surface area (Å²) in [6.45, 7) is 0. The van der Waals surface area contributed by atoms with E-state index in [1.54, 1.807) is 0 Å². The SMILES string of the molecule is O=C(O)C1(c2ccc(NC3(c4ccccc4)CC3)cc2)CCC1. The van der Waals surface area contributed by atoms with E-state index in [4.69, 9.17) is 0 Å². The molecule has 0 amide bonds. The Labute approximate surface area is 136 Å². The molecule has 0 unspecified atom stereocenters. The summed E-state index contributed by atoms with van der Waals surface area (Å²) < 4.78 is 0. The molecule has 2 aliphatic rings. The van der Waals surface area contributed by atoms with Gasteiger partial charge in [0.25, 0.3) is 0 Å². The van der Waals surface area contributed by atoms with Gasteiger partial charge in [-0.25, -0.2) is 0 Å². The molecule has 0 radical (unpaired) electrons. The van der Waals surface area contributed by atoms with Crippen molar-refractivity contribution in [1.82, 2.24) is 0 Å². The normalized spacial score (nSPS) is 20.3. The molecule has 3 nitrogen and oxygen atoms in total. The van der Waals surface area contributed by atoms with Crippen molar-refractivity contribution in [3.8, 4) is 0 Å². The number of carboxylic acid groups (broad SMARTS) is 1. The third-order valence-corrected chi connectivity index (χ3v) is 5.51. The van der Waals surface area contributed by atoms with E-state index in [-0.39, 0.29) is 5.54 Å². The second kappa shape index (κ2) is 5.12. The highest BCUT2D eigenvalue weighted by molar-refractivity contribution is 5.82. The lowest BCUT2D eigenvalue weighted by atomic mass is 9.64. The van der Waals surface area contributed by atoms with Gasteiger partial charge in [-0.05, 0) is 48.9 Å². The average Bonchev–Trinajstić information content (AvgIpc) is 3.29. The number of hydrogen-bond donors (Lipinski definition) is 2. The first-order valence-corrected chi connectivity index (χ1v) is 8.32. The van der Waals surface area contributed by atoms with Crippen molar-refractivity contribution in [2.24, 2.45) is 0 Å². The zero-order valence-electron chi connectivity index (χ0n) is 13.1. The van der Waals surface area contributed by atoms with E-state index in [0.717, 1.165) is 43.4 Å². The van der Waals surface area contributed by atoms with Crippen LogP contribution in [0.15, 0.2) is 54.6 Å². The van der Waals surface area contributed by atoms with E-state index in [9.17, 15) is 9.90 Å². The van der Waals surface area contributed by atoms with Gasteiger partial charge in [0.15, 0.2) is 0 Å². The van der Waals surface area contributed by atoms with Crippen LogP contribution in [0, 0.1) is 0 Å². The summed E-state index contributed by atoms with van der Waals surface area (Å²) in [7, 11) is 0. The average molecular weight is 307 g/mol. The third-order valence-electron chi connectivity index (χ3n) is 5.51. The highest BCUT2D eigenvalue weighted by Gasteiger charge is 2.46. The highest BCUT2D eigenvalue weighted by Crippen LogP contribution is 2.49. The largest absolute Gasteiger partial charge is 0.481 e. The summed E-state index contributed by atoms with van der Waals surface area (Å²) in [6, 6.07) is 18.6. The molecule has 118 valence electrons. The molecule has 2 fully saturated rings. The van der Waals surface area contributed by atoms with Crippen molar-refractivity contribution in [3.63, 3.8) is 0 Å². The minimum atomic E-state index is -0.688. The van der Waals surface area contributed by atoms with Crippen LogP contribution in [0.4, 0.5) is 5.69 Å². The summed E-state index contributed by atoms with van der Waals surface area (Å²) in [5.74, 6) is -0.688. The molecule has 0 bridgehead atoms. The number of anilines is 1. The van der Waals surface area contributed by atoms with E-state index in [0.29, 0.717) is 0 Å². The lowest BCUT2D eigenvalue weighted by Crippen LogP contribution is -2.42. The Morgan fingerprint density at radius 2 is 1.52 bits per heavy atom. The van der Waals surface area contributed by atoms with Crippen LogP contribution < -0.4 is 5.32 Å². The van der Waals surface area contributed by atoms with Crippen molar-refractivity contribution in [2.75, 3.05) is 5.32 Å². The fourth-order valence-corrected chi connectivity index (χ4v) is 3.67. The van der Waals surface area contributed by atoms with Gasteiger partial charge in [-0.15, -0.1) is 0 Å². The van der Waals surface area contributed by atoms with Gasteiger partial charge < -0.3 is 10.4 Å². The maximum atomic E-state index is 11.6. The predicted octanol–water partition coefficient (Wildman–Crippen LogP) is 4.29. The van der Waals surface area contributed by atoms with Gasteiger partial charge in [0.2, 0.25) is 0 Å². The van der Waals surface area contributed by atoms with Crippen LogP contribution in [-0.2, 0) is 15.7 Å². The van der Waals surface area contributed by atoms with Crippen LogP contribution in [-0.4, -0.2) is 11.1 Å². The second-order valence-electron chi connectivity index (χ2n) is 6.89. The minimum Gasteiger partial charge on any atom is -0.481 e. The number of carboxylic acids is 1. The first-order valence-electron chi connectivity index (χ1n) is 8.32. The lowest BCUT2D eigenvalue weighted by Gasteiger charge is -2.38. The quantitative estimate of drug-likeness (QED) is 0.866. The van der Waals surface area contributed by atoms with Gasteiger partial charge in [0.1, 0.15) is 0 Å². The molecule has 2 N–H and O–H groups in total. The molecule has 4 rings (SSSR count). The third kappa shape index (κ3) is 2.31. The van der Waals surface area contributed by atoms with Crippen molar-refractivity contribution >= 4 is 11.7 Å². The Hall–Kier alpha value is -2.29. The molecule has 0 aromatic heterocycles. The van der Waals surface area contributed by atoms with Gasteiger partial charge in [0.05, 0.1) is 11.0 Å². The summed E-state index contributed by atoms with van der Waals surface area (Å²) in [5, 5.41) is 13.2. The molecular formula is C20H21NO2. The Morgan fingerprint density at radius 1 is 0.870 bits per heavy atom. The van der Waals surface area contributed by atoms with Gasteiger partial charge in [-0.1, -0.05) is 48.9 Å². The van der Waals surface area contributed by atoms with E-state index < -0.39 is 11.4 Å². The molecule has 2 aromatic rings. The zero-order valence-corrected chi connectivity index (χ0v) is 13.1. The maximum Gasteiger partial charge on any atom is 0.314 e. The maximum absolute atomic E-state index is 11.6. The molecule has 3 heteroatoms. The molecule has 0 aliphatic heterocycles. The number of carbonyl (C=O) groups is 1. The fraction of sp³-hybridized carbons (Fsp3) is 0.350. The van der Waals surface area contributed by atoms with Gasteiger partial charge in [-0.2, -0.15) is 0 Å². The number of benzene rings is 2. The van der Waals surface area contributed by atoms with Crippen LogP contribution in [0.3, 0.4) is 0 Å². The Bertz CT molecular complexity index is 713. The van der Waals surface area contributed by atoms with Crippen molar-refractivity contribution in [2.45, 2.75) is 43.1 Å². The van der Waals surface area contributed by atoms with Gasteiger partial charge in [-0.3, -0.25) is 4.79 Å². The molecule has 23 heavy (non-hydrogen) atoms. The van der Waals surface area contributed by atoms with Crippen molar-refractivity contribution < 1.29 is 9.90 Å². The molecule has 2 aliphatic carbocycles. The van der Waals surface area contributed by atoms with Crippen molar-refractivity contribution in [3.05, 3.63) is 65.7 Å². The minimum absolute atomic E-state index is 0.0593. The summed E-state index contributed by atoms with van der Waals surface area (Å²) >= 11 is 0. The van der Waals surface area contributed by atoms with Crippen LogP contribution >= 0.6 is 0 Å². The van der Waals surface area contributed by atoms with Gasteiger partial charge in [0, 0.05) is 5.69 Å². The smallest absolute Gasteiger partial charge is 0.314 e. The summed E-state index contributed by atoms with van der Waals surface area (Å²) in [6.07, 6.45) is 4.78. The molecule has 0 saturated heterocycles. The Morgan fingerprint density at radius 3 is 2.00 bits per heavy atom. The first-order chi connectivity index (χ1) is 11.1. The number of nitrogens with one attached hydrogen (secondary N) is 1. The van der Waals surface area contributed by atoms with Crippen LogP contribution in [0.2, 0.25) is 0 Å². The Balaban J connectivity index is 1.55. The highest BCUT2D eigenvalue weighted by atomic mass is 16.4. The van der Waals surface area contributed by atoms with Crippen molar-refractivity contribution in [1.29, 1.82) is 0 Å². The summed E-state index contributed by atoms with van der Waals surface area (Å²) in [5.41, 5.74) is 2.74. The Kier molecular flexibility index (Phi) is 3.19. The predicted molar refractivity (Wildman–Crippen MR) is 90.6 cm³/mol. The van der Waals surface area contributed by atoms with Crippen LogP contribution in [0.1, 0.15) is 43.2 Å². The molecule has 0 heterocycles. The summed E-state index contributed by atoms with van der Waals surface area (Å²) in [4.78, 5) is 11.6. The lowest BCUT2D eigenvalue weighted by molar-refractivity contribution is -0.147. The van der Waals surface area contributed by atoms with E-state index >= 15 is 0 Å². The zero-order chi connectivity index (χ0) is 15.9. The van der Waals surface area contributed by atoms with Crippen LogP contribution in [0.25, 0.3) is 0 Å². The van der Waals surface area contributed by atoms with E-state index in [2.05, 4.69) is 29.6 Å². The first kappa shape index (κ1) is 14.3. The van der Waals surface area contributed by atoms with Gasteiger partial charge >= 0.3 is 5.97 Å². The monoisotopic (exact) mass is 307 g/mol. The molecule has 2 saturated carbocycles. The van der Waals surface area contributed by atoms with E-state index in [1.807, 2.05) is 30.3 Å². The second-order valence-corrected chi connectivity index (χ2v) is 6.89.